The summed E-state index contributed by atoms with van der Waals surface area (Å²) in [4.78, 5) is 23.4. The highest BCUT2D eigenvalue weighted by atomic mass is 16.5. The number of rotatable bonds is 11. The average molecular weight is 349 g/mol. The van der Waals surface area contributed by atoms with Crippen LogP contribution in [0.3, 0.4) is 0 Å². The summed E-state index contributed by atoms with van der Waals surface area (Å²) >= 11 is 0. The first-order valence-corrected chi connectivity index (χ1v) is 8.54. The lowest BCUT2D eigenvalue weighted by Gasteiger charge is -2.11. The fraction of sp³-hybridized carbons (Fsp3) is 0.474. The lowest BCUT2D eigenvalue weighted by atomic mass is 10.1. The van der Waals surface area contributed by atoms with Crippen molar-refractivity contribution >= 4 is 11.9 Å². The Morgan fingerprint density at radius 2 is 1.84 bits per heavy atom. The zero-order valence-electron chi connectivity index (χ0n) is 14.6. The van der Waals surface area contributed by atoms with Crippen LogP contribution in [0.2, 0.25) is 0 Å². The number of carbonyl (C=O) groups is 2. The Morgan fingerprint density at radius 1 is 1.16 bits per heavy atom. The van der Waals surface area contributed by atoms with Crippen LogP contribution >= 0.6 is 0 Å². The Kier molecular flexibility index (Phi) is 10.2. The van der Waals surface area contributed by atoms with Gasteiger partial charge in [-0.05, 0) is 37.0 Å². The van der Waals surface area contributed by atoms with Crippen LogP contribution in [0.15, 0.2) is 36.4 Å². The Balaban J connectivity index is 2.36. The van der Waals surface area contributed by atoms with Crippen molar-refractivity contribution in [2.45, 2.75) is 39.2 Å². The fourth-order valence-corrected chi connectivity index (χ4v) is 2.06. The van der Waals surface area contributed by atoms with E-state index in [9.17, 15) is 9.59 Å². The number of hydrogen-bond acceptors (Lipinski definition) is 5. The normalized spacial score (nSPS) is 11.0. The summed E-state index contributed by atoms with van der Waals surface area (Å²) in [5.74, 6) is -1.02. The van der Waals surface area contributed by atoms with Crippen molar-refractivity contribution in [1.29, 1.82) is 0 Å². The standard InChI is InChI=1S/C19H27NO5/c1-2-3-4-5-6-7-18(23)25-17-10-8-15(9-11-17)12-20-19(24)16(13-21)14-22/h3-4,8-11,16,21-22H,2,5-7,12-14H2,1H3,(H,20,24)/b4-3-. The van der Waals surface area contributed by atoms with Crippen LogP contribution in [-0.2, 0) is 16.1 Å². The number of amides is 1. The van der Waals surface area contributed by atoms with Crippen LogP contribution < -0.4 is 10.1 Å². The van der Waals surface area contributed by atoms with E-state index < -0.39 is 25.0 Å². The summed E-state index contributed by atoms with van der Waals surface area (Å²) in [5, 5.41) is 20.5. The maximum absolute atomic E-state index is 11.7. The molecule has 0 saturated heterocycles. The number of unbranched alkanes of at least 4 members (excludes halogenated alkanes) is 1. The number of aliphatic hydroxyl groups is 2. The zero-order valence-corrected chi connectivity index (χ0v) is 14.6. The van der Waals surface area contributed by atoms with Crippen molar-refractivity contribution in [3.8, 4) is 5.75 Å². The highest BCUT2D eigenvalue weighted by Gasteiger charge is 2.15. The minimum Gasteiger partial charge on any atom is -0.427 e. The molecule has 25 heavy (non-hydrogen) atoms. The molecule has 1 aromatic carbocycles. The quantitative estimate of drug-likeness (QED) is 0.246. The van der Waals surface area contributed by atoms with E-state index in [-0.39, 0.29) is 12.5 Å². The maximum Gasteiger partial charge on any atom is 0.311 e. The van der Waals surface area contributed by atoms with E-state index in [1.165, 1.54) is 0 Å². The average Bonchev–Trinajstić information content (AvgIpc) is 2.62. The van der Waals surface area contributed by atoms with Gasteiger partial charge in [-0.2, -0.15) is 0 Å². The first kappa shape index (κ1) is 20.9. The van der Waals surface area contributed by atoms with Gasteiger partial charge in [-0.3, -0.25) is 9.59 Å². The van der Waals surface area contributed by atoms with Crippen LogP contribution in [0, 0.1) is 5.92 Å². The second-order valence-corrected chi connectivity index (χ2v) is 5.67. The molecule has 0 aliphatic rings. The molecule has 138 valence electrons. The molecule has 6 heteroatoms. The monoisotopic (exact) mass is 349 g/mol. The van der Waals surface area contributed by atoms with Crippen LogP contribution in [0.5, 0.6) is 5.75 Å². The van der Waals surface area contributed by atoms with Crippen molar-refractivity contribution in [2.75, 3.05) is 13.2 Å². The molecule has 3 N–H and O–H groups in total. The Morgan fingerprint density at radius 3 is 2.44 bits per heavy atom. The minimum absolute atomic E-state index is 0.264. The lowest BCUT2D eigenvalue weighted by molar-refractivity contribution is -0.134. The van der Waals surface area contributed by atoms with Crippen LogP contribution in [0.4, 0.5) is 0 Å². The van der Waals surface area contributed by atoms with E-state index in [1.54, 1.807) is 24.3 Å². The molecule has 6 nitrogen and oxygen atoms in total. The van der Waals surface area contributed by atoms with Crippen LogP contribution in [0.25, 0.3) is 0 Å². The number of aliphatic hydroxyl groups excluding tert-OH is 2. The molecule has 0 heterocycles. The first-order chi connectivity index (χ1) is 12.1. The summed E-state index contributed by atoms with van der Waals surface area (Å²) in [5.41, 5.74) is 0.826. The van der Waals surface area contributed by atoms with Crippen molar-refractivity contribution in [3.05, 3.63) is 42.0 Å². The molecule has 0 bridgehead atoms. The van der Waals surface area contributed by atoms with Crippen LogP contribution in [0.1, 0.15) is 38.2 Å². The largest absolute Gasteiger partial charge is 0.427 e. The number of allylic oxidation sites excluding steroid dienone is 2. The van der Waals surface area contributed by atoms with Gasteiger partial charge < -0.3 is 20.3 Å². The van der Waals surface area contributed by atoms with Crippen LogP contribution in [-0.4, -0.2) is 35.3 Å². The molecule has 0 aromatic heterocycles. The molecule has 1 aromatic rings. The van der Waals surface area contributed by atoms with Crippen molar-refractivity contribution in [2.24, 2.45) is 5.92 Å². The summed E-state index contributed by atoms with van der Waals surface area (Å²) in [7, 11) is 0. The predicted molar refractivity (Wildman–Crippen MR) is 94.9 cm³/mol. The molecule has 1 rings (SSSR count). The molecule has 0 aliphatic carbocycles. The van der Waals surface area contributed by atoms with Gasteiger partial charge in [0.25, 0.3) is 0 Å². The molecule has 0 radical (unpaired) electrons. The van der Waals surface area contributed by atoms with E-state index in [0.717, 1.165) is 24.8 Å². The number of esters is 1. The van der Waals surface area contributed by atoms with Gasteiger partial charge in [-0.1, -0.05) is 31.2 Å². The smallest absolute Gasteiger partial charge is 0.311 e. The maximum atomic E-state index is 11.7. The Hall–Kier alpha value is -2.18. The van der Waals surface area contributed by atoms with E-state index in [4.69, 9.17) is 14.9 Å². The second-order valence-electron chi connectivity index (χ2n) is 5.67. The van der Waals surface area contributed by atoms with E-state index in [2.05, 4.69) is 24.4 Å². The lowest BCUT2D eigenvalue weighted by Crippen LogP contribution is -2.34. The summed E-state index contributed by atoms with van der Waals surface area (Å²) < 4.78 is 5.26. The van der Waals surface area contributed by atoms with E-state index in [0.29, 0.717) is 12.2 Å². The number of nitrogens with one attached hydrogen (secondary N) is 1. The van der Waals surface area contributed by atoms with Gasteiger partial charge in [-0.15, -0.1) is 0 Å². The molecule has 1 amide bonds. The van der Waals surface area contributed by atoms with Crippen molar-refractivity contribution in [1.82, 2.24) is 5.32 Å². The molecule has 0 fully saturated rings. The number of benzene rings is 1. The topological polar surface area (TPSA) is 95.9 Å². The molecular formula is C19H27NO5. The molecule has 0 aliphatic heterocycles. The highest BCUT2D eigenvalue weighted by Crippen LogP contribution is 2.14. The highest BCUT2D eigenvalue weighted by molar-refractivity contribution is 5.78. The molecule has 0 atom stereocenters. The summed E-state index contributed by atoms with van der Waals surface area (Å²) in [6, 6.07) is 6.84. The number of ether oxygens (including phenoxy) is 1. The third-order valence-corrected chi connectivity index (χ3v) is 3.59. The molecule has 0 unspecified atom stereocenters. The van der Waals surface area contributed by atoms with Gasteiger partial charge in [0.15, 0.2) is 0 Å². The molecule has 0 saturated carbocycles. The minimum atomic E-state index is -0.813. The van der Waals surface area contributed by atoms with Gasteiger partial charge in [0, 0.05) is 13.0 Å². The third kappa shape index (κ3) is 8.47. The Bertz CT molecular complexity index is 549. The third-order valence-electron chi connectivity index (χ3n) is 3.59. The van der Waals surface area contributed by atoms with Crippen molar-refractivity contribution in [3.63, 3.8) is 0 Å². The van der Waals surface area contributed by atoms with E-state index >= 15 is 0 Å². The predicted octanol–water partition coefficient (Wildman–Crippen LogP) is 1.95. The van der Waals surface area contributed by atoms with Gasteiger partial charge in [0.1, 0.15) is 5.75 Å². The summed E-state index contributed by atoms with van der Waals surface area (Å²) in [6.45, 7) is 1.54. The van der Waals surface area contributed by atoms with Gasteiger partial charge in [0.2, 0.25) is 5.91 Å². The Labute approximate surface area is 148 Å². The molecule has 0 spiro atoms. The SMILES string of the molecule is CC/C=C\CCCC(=O)Oc1ccc(CNC(=O)C(CO)CO)cc1. The number of hydrogen-bond donors (Lipinski definition) is 3. The first-order valence-electron chi connectivity index (χ1n) is 8.54. The van der Waals surface area contributed by atoms with Crippen molar-refractivity contribution < 1.29 is 24.5 Å². The van der Waals surface area contributed by atoms with Gasteiger partial charge in [-0.25, -0.2) is 0 Å². The molecular weight excluding hydrogens is 322 g/mol. The van der Waals surface area contributed by atoms with Gasteiger partial charge in [0.05, 0.1) is 19.1 Å². The van der Waals surface area contributed by atoms with E-state index in [1.807, 2.05) is 0 Å². The summed E-state index contributed by atoms with van der Waals surface area (Å²) in [6.07, 6.45) is 7.13. The zero-order chi connectivity index (χ0) is 18.5. The fourth-order valence-electron chi connectivity index (χ4n) is 2.06. The van der Waals surface area contributed by atoms with Gasteiger partial charge >= 0.3 is 5.97 Å². The second kappa shape index (κ2) is 12.2. The number of carbonyl (C=O) groups excluding carboxylic acids is 2.